The summed E-state index contributed by atoms with van der Waals surface area (Å²) in [5, 5.41) is 3.29. The molecule has 0 atom stereocenters. The lowest BCUT2D eigenvalue weighted by Gasteiger charge is -2.08. The Labute approximate surface area is 83.8 Å². The summed E-state index contributed by atoms with van der Waals surface area (Å²) in [5.41, 5.74) is 2.37. The van der Waals surface area contributed by atoms with Gasteiger partial charge in [0.2, 0.25) is 0 Å². The largest absolute Gasteiger partial charge is 0.365 e. The van der Waals surface area contributed by atoms with E-state index in [0.717, 1.165) is 24.7 Å². The number of rotatable bonds is 1. The molecule has 1 aromatic carbocycles. The molecule has 1 aliphatic heterocycles. The molecule has 0 bridgehead atoms. The van der Waals surface area contributed by atoms with Crippen LogP contribution in [-0.2, 0) is 4.74 Å². The molecule has 0 fully saturated rings. The highest BCUT2D eigenvalue weighted by molar-refractivity contribution is 5.92. The van der Waals surface area contributed by atoms with Crippen molar-refractivity contribution in [2.45, 2.75) is 6.92 Å². The molecule has 0 aromatic heterocycles. The first-order valence-corrected chi connectivity index (χ1v) is 4.86. The molecular weight excluding hydrogens is 176 g/mol. The average molecular weight is 191 g/mol. The van der Waals surface area contributed by atoms with Crippen molar-refractivity contribution in [1.29, 1.82) is 0 Å². The SMILES string of the molecule is Cc1ccc(NC2=[NH+]CCOC2)cc1. The molecule has 3 nitrogen and oxygen atoms in total. The third kappa shape index (κ3) is 2.33. The molecule has 1 aliphatic rings. The van der Waals surface area contributed by atoms with Crippen molar-refractivity contribution < 1.29 is 9.73 Å². The molecule has 0 saturated carbocycles. The van der Waals surface area contributed by atoms with Gasteiger partial charge in [-0.25, -0.2) is 5.32 Å². The smallest absolute Gasteiger partial charge is 0.274 e. The van der Waals surface area contributed by atoms with Crippen molar-refractivity contribution in [3.63, 3.8) is 0 Å². The van der Waals surface area contributed by atoms with E-state index in [4.69, 9.17) is 4.74 Å². The maximum absolute atomic E-state index is 5.32. The minimum atomic E-state index is 0.647. The Hall–Kier alpha value is -1.35. The van der Waals surface area contributed by atoms with Crippen LogP contribution in [0.3, 0.4) is 0 Å². The standard InChI is InChI=1S/C11H14N2O/c1-9-2-4-10(5-3-9)13-11-8-14-7-6-12-11/h2-5H,6-8H2,1H3,(H,12,13)/p+1. The van der Waals surface area contributed by atoms with Gasteiger partial charge in [0.1, 0.15) is 18.8 Å². The molecule has 3 heteroatoms. The molecule has 0 saturated heterocycles. The van der Waals surface area contributed by atoms with Crippen LogP contribution < -0.4 is 10.3 Å². The number of aryl methyl sites for hydroxylation is 1. The van der Waals surface area contributed by atoms with Crippen molar-refractivity contribution in [3.05, 3.63) is 29.8 Å². The Kier molecular flexibility index (Phi) is 2.79. The van der Waals surface area contributed by atoms with Gasteiger partial charge in [-0.05, 0) is 19.1 Å². The van der Waals surface area contributed by atoms with Gasteiger partial charge < -0.3 is 4.74 Å². The van der Waals surface area contributed by atoms with Crippen molar-refractivity contribution in [2.24, 2.45) is 0 Å². The maximum Gasteiger partial charge on any atom is 0.274 e. The molecule has 0 spiro atoms. The van der Waals surface area contributed by atoms with Gasteiger partial charge in [-0.2, -0.15) is 0 Å². The van der Waals surface area contributed by atoms with Crippen LogP contribution in [0.1, 0.15) is 5.56 Å². The van der Waals surface area contributed by atoms with E-state index in [2.05, 4.69) is 41.5 Å². The molecule has 0 radical (unpaired) electrons. The summed E-state index contributed by atoms with van der Waals surface area (Å²) in [5.74, 6) is 1.04. The third-order valence-corrected chi connectivity index (χ3v) is 2.18. The zero-order valence-electron chi connectivity index (χ0n) is 8.34. The number of nitrogens with one attached hydrogen (secondary N) is 2. The average Bonchev–Trinajstić information content (AvgIpc) is 2.23. The Bertz CT molecular complexity index is 330. The minimum absolute atomic E-state index is 0.647. The fourth-order valence-corrected chi connectivity index (χ4v) is 1.39. The summed E-state index contributed by atoms with van der Waals surface area (Å²) in [6, 6.07) is 8.32. The van der Waals surface area contributed by atoms with Gasteiger partial charge in [0.25, 0.3) is 5.84 Å². The van der Waals surface area contributed by atoms with E-state index < -0.39 is 0 Å². The molecule has 2 N–H and O–H groups in total. The zero-order valence-corrected chi connectivity index (χ0v) is 8.34. The van der Waals surface area contributed by atoms with Crippen LogP contribution in [0.2, 0.25) is 0 Å². The van der Waals surface area contributed by atoms with Crippen LogP contribution in [0.4, 0.5) is 5.69 Å². The van der Waals surface area contributed by atoms with Crippen LogP contribution in [-0.4, -0.2) is 25.6 Å². The van der Waals surface area contributed by atoms with Crippen LogP contribution >= 0.6 is 0 Å². The molecule has 0 amide bonds. The maximum atomic E-state index is 5.32. The second kappa shape index (κ2) is 4.24. The van der Waals surface area contributed by atoms with Crippen LogP contribution in [0.5, 0.6) is 0 Å². The number of amidine groups is 1. The quantitative estimate of drug-likeness (QED) is 0.651. The van der Waals surface area contributed by atoms with Gasteiger partial charge in [0.05, 0.1) is 6.61 Å². The Morgan fingerprint density at radius 1 is 1.29 bits per heavy atom. The Morgan fingerprint density at radius 3 is 2.71 bits per heavy atom. The van der Waals surface area contributed by atoms with E-state index in [1.165, 1.54) is 5.56 Å². The molecule has 1 aromatic rings. The summed E-state index contributed by atoms with van der Waals surface area (Å²) < 4.78 is 5.32. The number of benzene rings is 1. The summed E-state index contributed by atoms with van der Waals surface area (Å²) in [6.45, 7) is 4.40. The highest BCUT2D eigenvalue weighted by atomic mass is 16.5. The molecule has 14 heavy (non-hydrogen) atoms. The highest BCUT2D eigenvalue weighted by Gasteiger charge is 2.11. The van der Waals surface area contributed by atoms with Crippen molar-refractivity contribution in [1.82, 2.24) is 0 Å². The van der Waals surface area contributed by atoms with E-state index >= 15 is 0 Å². The minimum Gasteiger partial charge on any atom is -0.365 e. The predicted molar refractivity (Wildman–Crippen MR) is 56.5 cm³/mol. The van der Waals surface area contributed by atoms with E-state index in [-0.39, 0.29) is 0 Å². The summed E-state index contributed by atoms with van der Waals surface area (Å²) in [6.07, 6.45) is 0. The van der Waals surface area contributed by atoms with Gasteiger partial charge in [0.15, 0.2) is 0 Å². The summed E-state index contributed by atoms with van der Waals surface area (Å²) in [4.78, 5) is 3.26. The summed E-state index contributed by atoms with van der Waals surface area (Å²) >= 11 is 0. The van der Waals surface area contributed by atoms with E-state index in [0.29, 0.717) is 6.61 Å². The number of hydrogen-bond acceptors (Lipinski definition) is 2. The summed E-state index contributed by atoms with van der Waals surface area (Å²) in [7, 11) is 0. The van der Waals surface area contributed by atoms with Crippen LogP contribution in [0.25, 0.3) is 0 Å². The highest BCUT2D eigenvalue weighted by Crippen LogP contribution is 2.07. The van der Waals surface area contributed by atoms with Crippen molar-refractivity contribution in [3.8, 4) is 0 Å². The molecule has 74 valence electrons. The van der Waals surface area contributed by atoms with Gasteiger partial charge in [-0.15, -0.1) is 0 Å². The number of anilines is 1. The van der Waals surface area contributed by atoms with Gasteiger partial charge in [0, 0.05) is 0 Å². The lowest BCUT2D eigenvalue weighted by atomic mass is 10.2. The number of ether oxygens (including phenoxy) is 1. The first kappa shape index (κ1) is 9.21. The molecule has 0 aliphatic carbocycles. The van der Waals surface area contributed by atoms with Crippen molar-refractivity contribution >= 4 is 11.5 Å². The first-order valence-electron chi connectivity index (χ1n) is 4.86. The molecule has 1 heterocycles. The molecular formula is C11H15N2O+. The second-order valence-electron chi connectivity index (χ2n) is 3.45. The van der Waals surface area contributed by atoms with E-state index in [1.54, 1.807) is 0 Å². The van der Waals surface area contributed by atoms with Crippen LogP contribution in [0.15, 0.2) is 24.3 Å². The fourth-order valence-electron chi connectivity index (χ4n) is 1.39. The lowest BCUT2D eigenvalue weighted by Crippen LogP contribution is -2.79. The molecule has 2 rings (SSSR count). The normalized spacial score (nSPS) is 16.2. The first-order chi connectivity index (χ1) is 6.84. The monoisotopic (exact) mass is 191 g/mol. The molecule has 0 unspecified atom stereocenters. The van der Waals surface area contributed by atoms with Gasteiger partial charge in [-0.3, -0.25) is 4.99 Å². The second-order valence-corrected chi connectivity index (χ2v) is 3.45. The van der Waals surface area contributed by atoms with Crippen molar-refractivity contribution in [2.75, 3.05) is 25.1 Å². The zero-order chi connectivity index (χ0) is 9.80. The van der Waals surface area contributed by atoms with Gasteiger partial charge in [-0.1, -0.05) is 17.7 Å². The third-order valence-electron chi connectivity index (χ3n) is 2.18. The topological polar surface area (TPSA) is 35.2 Å². The predicted octanol–water partition coefficient (Wildman–Crippen LogP) is -0.0838. The lowest BCUT2D eigenvalue weighted by molar-refractivity contribution is -0.472. The van der Waals surface area contributed by atoms with Crippen LogP contribution in [0, 0.1) is 6.92 Å². The van der Waals surface area contributed by atoms with E-state index in [1.807, 2.05) is 0 Å². The van der Waals surface area contributed by atoms with Gasteiger partial charge >= 0.3 is 0 Å². The fraction of sp³-hybridized carbons (Fsp3) is 0.364. The Morgan fingerprint density at radius 2 is 2.07 bits per heavy atom. The van der Waals surface area contributed by atoms with E-state index in [9.17, 15) is 0 Å². The Balaban J connectivity index is 2.03. The number of hydrogen-bond donors (Lipinski definition) is 2.